The zero-order chi connectivity index (χ0) is 26.2. The average molecular weight is 541 g/mol. The number of ketones is 1. The van der Waals surface area contributed by atoms with Crippen molar-refractivity contribution in [2.75, 3.05) is 13.1 Å². The third-order valence-corrected chi connectivity index (χ3v) is 9.24. The topological polar surface area (TPSA) is 106 Å². The Bertz CT molecular complexity index is 1530. The maximum absolute atomic E-state index is 13.9. The summed E-state index contributed by atoms with van der Waals surface area (Å²) in [5.74, 6) is -1.23. The van der Waals surface area contributed by atoms with E-state index in [4.69, 9.17) is 5.73 Å². The second-order valence-corrected chi connectivity index (χ2v) is 11.6. The van der Waals surface area contributed by atoms with Crippen LogP contribution < -0.4 is 5.73 Å². The molecule has 190 valence electrons. The third-order valence-electron chi connectivity index (χ3n) is 6.61. The van der Waals surface area contributed by atoms with Crippen LogP contribution in [0.4, 0.5) is 14.5 Å². The van der Waals surface area contributed by atoms with Gasteiger partial charge in [0.1, 0.15) is 11.6 Å². The second kappa shape index (κ2) is 9.73. The van der Waals surface area contributed by atoms with E-state index in [1.165, 1.54) is 64.4 Å². The standard InChI is InChI=1S/C26H22F2N4O3S2/c27-19-1-5-21(6-2-19)31-23-13-18-9-11-32(37(34,35)22-7-3-20(28)4-8-22)16-26(18,14-17(23)15-29)24(33)25-30-10-12-36-25/h1-8,10,12-13,15H,9,11,14,16,29H2/b17-15-,31-23?/t26-/m0/s1. The molecule has 11 heteroatoms. The first-order valence-corrected chi connectivity index (χ1v) is 13.7. The summed E-state index contributed by atoms with van der Waals surface area (Å²) in [6, 6.07) is 10.3. The molecule has 2 N–H and O–H groups in total. The summed E-state index contributed by atoms with van der Waals surface area (Å²) in [5, 5.41) is 1.95. The number of piperidine rings is 1. The lowest BCUT2D eigenvalue weighted by molar-refractivity contribution is 0.0776. The second-order valence-electron chi connectivity index (χ2n) is 8.80. The van der Waals surface area contributed by atoms with Gasteiger partial charge in [-0.2, -0.15) is 4.31 Å². The summed E-state index contributed by atoms with van der Waals surface area (Å²) in [7, 11) is -4.01. The van der Waals surface area contributed by atoms with Crippen molar-refractivity contribution >= 4 is 38.5 Å². The van der Waals surface area contributed by atoms with Crippen LogP contribution in [-0.4, -0.2) is 42.3 Å². The first kappa shape index (κ1) is 25.1. The number of Topliss-reactive ketones (excluding diaryl/α,β-unsaturated/α-hetero) is 1. The van der Waals surface area contributed by atoms with Crippen molar-refractivity contribution < 1.29 is 22.0 Å². The molecular formula is C26H22F2N4O3S2. The predicted octanol–water partition coefficient (Wildman–Crippen LogP) is 4.63. The number of benzene rings is 2. The Morgan fingerprint density at radius 3 is 2.41 bits per heavy atom. The predicted molar refractivity (Wildman–Crippen MR) is 137 cm³/mol. The van der Waals surface area contributed by atoms with Gasteiger partial charge < -0.3 is 5.73 Å². The van der Waals surface area contributed by atoms with Crippen molar-refractivity contribution in [2.24, 2.45) is 16.1 Å². The number of nitrogens with two attached hydrogens (primary N) is 1. The van der Waals surface area contributed by atoms with Crippen LogP contribution in [0.3, 0.4) is 0 Å². The number of thiazole rings is 1. The minimum absolute atomic E-state index is 0.0536. The molecule has 1 aliphatic carbocycles. The Balaban J connectivity index is 1.60. The molecule has 0 unspecified atom stereocenters. The fourth-order valence-electron chi connectivity index (χ4n) is 4.72. The number of carbonyl (C=O) groups is 1. The summed E-state index contributed by atoms with van der Waals surface area (Å²) < 4.78 is 55.0. The first-order chi connectivity index (χ1) is 17.7. The molecule has 7 nitrogen and oxygen atoms in total. The van der Waals surface area contributed by atoms with Crippen molar-refractivity contribution in [3.05, 3.63) is 100 Å². The number of sulfonamides is 1. The molecule has 1 atom stereocenters. The van der Waals surface area contributed by atoms with Gasteiger partial charge in [-0.1, -0.05) is 5.57 Å². The van der Waals surface area contributed by atoms with Gasteiger partial charge in [-0.3, -0.25) is 4.79 Å². The highest BCUT2D eigenvalue weighted by molar-refractivity contribution is 7.89. The number of aliphatic imine (C=N–C) groups is 1. The third kappa shape index (κ3) is 4.65. The number of rotatable bonds is 5. The largest absolute Gasteiger partial charge is 0.404 e. The van der Waals surface area contributed by atoms with Gasteiger partial charge in [0.2, 0.25) is 15.8 Å². The number of fused-ring (bicyclic) bond motifs is 1. The van der Waals surface area contributed by atoms with Crippen LogP contribution in [0.1, 0.15) is 22.6 Å². The molecule has 1 saturated heterocycles. The van der Waals surface area contributed by atoms with E-state index >= 15 is 0 Å². The van der Waals surface area contributed by atoms with Gasteiger partial charge in [-0.15, -0.1) is 11.3 Å². The van der Waals surface area contributed by atoms with Crippen molar-refractivity contribution in [1.29, 1.82) is 0 Å². The molecule has 37 heavy (non-hydrogen) atoms. The Hall–Kier alpha value is -3.54. The van der Waals surface area contributed by atoms with E-state index in [2.05, 4.69) is 9.98 Å². The van der Waals surface area contributed by atoms with Gasteiger partial charge in [0, 0.05) is 24.7 Å². The van der Waals surface area contributed by atoms with E-state index in [1.807, 2.05) is 0 Å². The zero-order valence-corrected chi connectivity index (χ0v) is 21.1. The fourth-order valence-corrected chi connectivity index (χ4v) is 6.90. The molecular weight excluding hydrogens is 518 g/mol. The molecule has 1 aromatic heterocycles. The van der Waals surface area contributed by atoms with Crippen LogP contribution in [0.25, 0.3) is 0 Å². The van der Waals surface area contributed by atoms with Crippen LogP contribution >= 0.6 is 11.3 Å². The van der Waals surface area contributed by atoms with Gasteiger partial charge in [0.25, 0.3) is 0 Å². The molecule has 0 saturated carbocycles. The minimum atomic E-state index is -4.01. The lowest BCUT2D eigenvalue weighted by Gasteiger charge is -2.45. The maximum atomic E-state index is 13.9. The van der Waals surface area contributed by atoms with Crippen LogP contribution in [-0.2, 0) is 10.0 Å². The zero-order valence-electron chi connectivity index (χ0n) is 19.5. The fraction of sp³-hybridized carbons (Fsp3) is 0.192. The van der Waals surface area contributed by atoms with Crippen molar-refractivity contribution in [3.63, 3.8) is 0 Å². The van der Waals surface area contributed by atoms with Gasteiger partial charge in [-0.25, -0.2) is 27.2 Å². The van der Waals surface area contributed by atoms with E-state index in [0.717, 1.165) is 17.7 Å². The molecule has 1 aliphatic heterocycles. The van der Waals surface area contributed by atoms with Gasteiger partial charge in [0.15, 0.2) is 5.01 Å². The summed E-state index contributed by atoms with van der Waals surface area (Å²) in [4.78, 5) is 22.7. The molecule has 3 aromatic rings. The Morgan fingerprint density at radius 1 is 1.11 bits per heavy atom. The van der Waals surface area contributed by atoms with Crippen LogP contribution in [0.5, 0.6) is 0 Å². The van der Waals surface area contributed by atoms with E-state index < -0.39 is 21.3 Å². The lowest BCUT2D eigenvalue weighted by Crippen LogP contribution is -2.53. The van der Waals surface area contributed by atoms with E-state index in [9.17, 15) is 22.0 Å². The van der Waals surface area contributed by atoms with Gasteiger partial charge in [0.05, 0.1) is 21.7 Å². The number of halogens is 2. The summed E-state index contributed by atoms with van der Waals surface area (Å²) in [6.45, 7) is 0.00205. The molecule has 5 rings (SSSR count). The molecule has 2 aliphatic rings. The number of allylic oxidation sites excluding steroid dienone is 2. The first-order valence-electron chi connectivity index (χ1n) is 11.4. The highest BCUT2D eigenvalue weighted by Gasteiger charge is 2.51. The number of nitrogens with zero attached hydrogens (tertiary/aromatic N) is 3. The normalized spacial score (nSPS) is 22.6. The van der Waals surface area contributed by atoms with Gasteiger partial charge in [-0.05, 0) is 79.2 Å². The molecule has 0 bridgehead atoms. The van der Waals surface area contributed by atoms with E-state index in [-0.39, 0.29) is 47.4 Å². The van der Waals surface area contributed by atoms with Crippen LogP contribution in [0, 0.1) is 17.0 Å². The van der Waals surface area contributed by atoms with E-state index in [1.54, 1.807) is 11.5 Å². The highest BCUT2D eigenvalue weighted by atomic mass is 32.2. The highest BCUT2D eigenvalue weighted by Crippen LogP contribution is 2.48. The molecule has 0 spiro atoms. The van der Waals surface area contributed by atoms with Crippen molar-refractivity contribution in [3.8, 4) is 0 Å². The maximum Gasteiger partial charge on any atom is 0.243 e. The van der Waals surface area contributed by atoms with Crippen molar-refractivity contribution in [1.82, 2.24) is 9.29 Å². The van der Waals surface area contributed by atoms with Crippen LogP contribution in [0.2, 0.25) is 0 Å². The minimum Gasteiger partial charge on any atom is -0.404 e. The number of hydrogen-bond donors (Lipinski definition) is 1. The number of hydrogen-bond acceptors (Lipinski definition) is 7. The molecule has 0 radical (unpaired) electrons. The summed E-state index contributed by atoms with van der Waals surface area (Å²) >= 11 is 1.18. The SMILES string of the molecule is N/C=C1/C[C@]2(C(=O)c3nccs3)CN(S(=O)(=O)c3ccc(F)cc3)CCC2=CC1=Nc1ccc(F)cc1. The Kier molecular flexibility index (Phi) is 6.61. The molecule has 0 amide bonds. The summed E-state index contributed by atoms with van der Waals surface area (Å²) in [6.07, 6.45) is 5.05. The van der Waals surface area contributed by atoms with E-state index in [0.29, 0.717) is 17.0 Å². The molecule has 1 fully saturated rings. The average Bonchev–Trinajstić information content (AvgIpc) is 3.44. The smallest absolute Gasteiger partial charge is 0.243 e. The number of aromatic nitrogens is 1. The molecule has 2 heterocycles. The monoisotopic (exact) mass is 540 g/mol. The van der Waals surface area contributed by atoms with Crippen LogP contribution in [0.15, 0.2) is 93.4 Å². The molecule has 2 aromatic carbocycles. The Labute approximate surface area is 216 Å². The Morgan fingerprint density at radius 2 is 1.78 bits per heavy atom. The lowest BCUT2D eigenvalue weighted by atomic mass is 9.65. The van der Waals surface area contributed by atoms with Crippen molar-refractivity contribution in [2.45, 2.75) is 17.7 Å². The van der Waals surface area contributed by atoms with Gasteiger partial charge >= 0.3 is 0 Å². The summed E-state index contributed by atoms with van der Waals surface area (Å²) in [5.41, 5.74) is 7.06. The number of carbonyl (C=O) groups excluding carboxylic acids is 1. The quantitative estimate of drug-likeness (QED) is 0.475.